The summed E-state index contributed by atoms with van der Waals surface area (Å²) in [5.41, 5.74) is 6.10. The molecule has 0 saturated carbocycles. The van der Waals surface area contributed by atoms with Crippen molar-refractivity contribution in [3.8, 4) is 0 Å². The molecule has 2 rings (SSSR count). The van der Waals surface area contributed by atoms with E-state index in [0.29, 0.717) is 0 Å². The molecule has 1 atom stereocenters. The van der Waals surface area contributed by atoms with Gasteiger partial charge < -0.3 is 0 Å². The maximum absolute atomic E-state index is 5.05. The van der Waals surface area contributed by atoms with Crippen LogP contribution in [0.1, 0.15) is 54.4 Å². The van der Waals surface area contributed by atoms with Gasteiger partial charge in [-0.2, -0.15) is 0 Å². The van der Waals surface area contributed by atoms with Crippen LogP contribution in [0, 0.1) is 0 Å². The van der Waals surface area contributed by atoms with Crippen LogP contribution in [-0.2, 0) is 0 Å². The van der Waals surface area contributed by atoms with Crippen molar-refractivity contribution < 1.29 is 0 Å². The normalized spacial score (nSPS) is 25.8. The zero-order valence-corrected chi connectivity index (χ0v) is 16.2. The molecular weight excluding hydrogens is 288 g/mol. The Morgan fingerprint density at radius 2 is 1.77 bits per heavy atom. The molecular formula is C19H30N2S. The summed E-state index contributed by atoms with van der Waals surface area (Å²) in [6, 6.07) is 0. The summed E-state index contributed by atoms with van der Waals surface area (Å²) in [7, 11) is 1.84. The highest BCUT2D eigenvalue weighted by molar-refractivity contribution is 8.03. The van der Waals surface area contributed by atoms with Gasteiger partial charge in [0.25, 0.3) is 0 Å². The molecule has 1 aliphatic carbocycles. The lowest BCUT2D eigenvalue weighted by molar-refractivity contribution is 0.526. The summed E-state index contributed by atoms with van der Waals surface area (Å²) >= 11 is 1.75. The smallest absolute Gasteiger partial charge is 0.0797 e. The number of aliphatic imine (C=N–C) groups is 2. The quantitative estimate of drug-likeness (QED) is 0.606. The van der Waals surface area contributed by atoms with Crippen LogP contribution in [0.15, 0.2) is 43.8 Å². The van der Waals surface area contributed by atoms with Crippen LogP contribution in [0.5, 0.6) is 0 Å². The monoisotopic (exact) mass is 318 g/mol. The summed E-state index contributed by atoms with van der Waals surface area (Å²) < 4.78 is 0. The molecule has 1 unspecified atom stereocenters. The molecule has 0 N–H and O–H groups in total. The molecule has 0 aromatic carbocycles. The van der Waals surface area contributed by atoms with Gasteiger partial charge in [-0.05, 0) is 56.7 Å². The number of nitrogens with zero attached hydrogens (tertiary/aromatic N) is 2. The van der Waals surface area contributed by atoms with Gasteiger partial charge in [-0.1, -0.05) is 27.2 Å². The maximum Gasteiger partial charge on any atom is 0.0797 e. The van der Waals surface area contributed by atoms with Crippen molar-refractivity contribution >= 4 is 23.2 Å². The number of allylic oxidation sites excluding steroid dienone is 5. The first-order valence-electron chi connectivity index (χ1n) is 8.11. The second kappa shape index (κ2) is 7.96. The van der Waals surface area contributed by atoms with E-state index in [2.05, 4.69) is 64.9 Å². The summed E-state index contributed by atoms with van der Waals surface area (Å²) in [5, 5.41) is 0. The fraction of sp³-hybridized carbons (Fsp3) is 0.579. The topological polar surface area (TPSA) is 24.7 Å². The summed E-state index contributed by atoms with van der Waals surface area (Å²) in [5.74, 6) is 0. The minimum atomic E-state index is -0.0631. The number of dihydropyridines is 1. The maximum atomic E-state index is 5.05. The molecule has 0 saturated heterocycles. The third-order valence-electron chi connectivity index (χ3n) is 4.36. The average molecular weight is 319 g/mol. The molecule has 0 amide bonds. The van der Waals surface area contributed by atoms with Crippen LogP contribution >= 0.6 is 11.8 Å². The Morgan fingerprint density at radius 1 is 1.18 bits per heavy atom. The molecule has 2 nitrogen and oxygen atoms in total. The fourth-order valence-corrected chi connectivity index (χ4v) is 3.15. The van der Waals surface area contributed by atoms with Gasteiger partial charge in [0.05, 0.1) is 17.0 Å². The third kappa shape index (κ3) is 3.62. The van der Waals surface area contributed by atoms with Crippen molar-refractivity contribution in [2.75, 3.05) is 13.3 Å². The zero-order chi connectivity index (χ0) is 16.9. The Balaban J connectivity index is 0.000000745. The highest BCUT2D eigenvalue weighted by Crippen LogP contribution is 2.40. The van der Waals surface area contributed by atoms with Crippen LogP contribution in [-0.4, -0.2) is 30.3 Å². The highest BCUT2D eigenvalue weighted by atomic mass is 32.2. The Labute approximate surface area is 140 Å². The molecule has 22 heavy (non-hydrogen) atoms. The van der Waals surface area contributed by atoms with Crippen molar-refractivity contribution in [3.05, 3.63) is 33.8 Å². The highest BCUT2D eigenvalue weighted by Gasteiger charge is 2.34. The first kappa shape index (κ1) is 19.0. The van der Waals surface area contributed by atoms with Gasteiger partial charge in [0.1, 0.15) is 0 Å². The number of rotatable bonds is 2. The zero-order valence-electron chi connectivity index (χ0n) is 15.4. The van der Waals surface area contributed by atoms with Crippen molar-refractivity contribution in [2.45, 2.75) is 59.9 Å². The second-order valence-electron chi connectivity index (χ2n) is 5.96. The fourth-order valence-electron chi connectivity index (χ4n) is 2.56. The number of thioether (sulfide) groups is 1. The van der Waals surface area contributed by atoms with Crippen LogP contribution in [0.2, 0.25) is 0 Å². The molecule has 2 aliphatic rings. The van der Waals surface area contributed by atoms with E-state index < -0.39 is 0 Å². The number of fused-ring (bicyclic) bond motifs is 1. The van der Waals surface area contributed by atoms with Crippen LogP contribution in [0.4, 0.5) is 0 Å². The van der Waals surface area contributed by atoms with Crippen molar-refractivity contribution in [2.24, 2.45) is 9.98 Å². The lowest BCUT2D eigenvalue weighted by atomic mass is 9.79. The van der Waals surface area contributed by atoms with E-state index >= 15 is 0 Å². The van der Waals surface area contributed by atoms with Crippen LogP contribution < -0.4 is 0 Å². The minimum absolute atomic E-state index is 0.0631. The lowest BCUT2D eigenvalue weighted by Crippen LogP contribution is -2.32. The molecule has 1 aliphatic heterocycles. The van der Waals surface area contributed by atoms with Crippen molar-refractivity contribution in [1.29, 1.82) is 0 Å². The molecule has 0 fully saturated rings. The Kier molecular flexibility index (Phi) is 6.86. The molecule has 122 valence electrons. The largest absolute Gasteiger partial charge is 0.289 e. The van der Waals surface area contributed by atoms with E-state index in [1.807, 2.05) is 7.05 Å². The van der Waals surface area contributed by atoms with E-state index in [1.54, 1.807) is 11.8 Å². The predicted molar refractivity (Wildman–Crippen MR) is 104 cm³/mol. The van der Waals surface area contributed by atoms with Gasteiger partial charge in [-0.3, -0.25) is 9.98 Å². The van der Waals surface area contributed by atoms with E-state index in [-0.39, 0.29) is 5.54 Å². The number of hydrogen-bond donors (Lipinski definition) is 0. The molecule has 0 bridgehead atoms. The van der Waals surface area contributed by atoms with Gasteiger partial charge in [-0.15, -0.1) is 11.8 Å². The predicted octanol–water partition coefficient (Wildman–Crippen LogP) is 5.62. The van der Waals surface area contributed by atoms with Crippen molar-refractivity contribution in [3.63, 3.8) is 0 Å². The van der Waals surface area contributed by atoms with Crippen LogP contribution in [0.25, 0.3) is 0 Å². The Bertz CT molecular complexity index is 576. The SMILES string of the molecule is CCC.CCC1(C)N=C2C(SC)=CC(=NC)C=C2C(C)=C1C. The van der Waals surface area contributed by atoms with E-state index in [1.165, 1.54) is 28.0 Å². The van der Waals surface area contributed by atoms with E-state index in [4.69, 9.17) is 4.99 Å². The first-order chi connectivity index (χ1) is 10.4. The molecule has 3 heteroatoms. The standard InChI is InChI=1S/C16H22N2S.C3H8/c1-7-16(4)11(3)10(2)13-8-12(17-5)9-14(19-6)15(13)18-16;1-3-2/h8-9H,7H2,1-6H3;3H2,1-2H3. The van der Waals surface area contributed by atoms with E-state index in [9.17, 15) is 0 Å². The number of hydrogen-bond acceptors (Lipinski definition) is 3. The molecule has 0 aromatic rings. The Morgan fingerprint density at radius 3 is 2.23 bits per heavy atom. The van der Waals surface area contributed by atoms with Gasteiger partial charge in [0.15, 0.2) is 0 Å². The summed E-state index contributed by atoms with van der Waals surface area (Å²) in [4.78, 5) is 10.6. The van der Waals surface area contributed by atoms with Gasteiger partial charge in [0, 0.05) is 17.5 Å². The first-order valence-corrected chi connectivity index (χ1v) is 9.33. The van der Waals surface area contributed by atoms with Crippen LogP contribution in [0.3, 0.4) is 0 Å². The van der Waals surface area contributed by atoms with Gasteiger partial charge in [-0.25, -0.2) is 0 Å². The van der Waals surface area contributed by atoms with E-state index in [0.717, 1.165) is 17.8 Å². The van der Waals surface area contributed by atoms with Gasteiger partial charge >= 0.3 is 0 Å². The van der Waals surface area contributed by atoms with Gasteiger partial charge in [0.2, 0.25) is 0 Å². The van der Waals surface area contributed by atoms with Crippen molar-refractivity contribution in [1.82, 2.24) is 0 Å². The Hall–Kier alpha value is -1.09. The minimum Gasteiger partial charge on any atom is -0.289 e. The lowest BCUT2D eigenvalue weighted by Gasteiger charge is -2.35. The summed E-state index contributed by atoms with van der Waals surface area (Å²) in [6.45, 7) is 13.1. The second-order valence-corrected chi connectivity index (χ2v) is 6.81. The third-order valence-corrected chi connectivity index (χ3v) is 5.11. The summed E-state index contributed by atoms with van der Waals surface area (Å²) in [6.07, 6.45) is 8.68. The average Bonchev–Trinajstić information content (AvgIpc) is 2.53. The molecule has 0 spiro atoms. The molecule has 1 heterocycles. The molecule has 0 radical (unpaired) electrons. The molecule has 0 aromatic heterocycles.